The standard InChI is InChI=1S/C19H20N4O3/c1-13-7-9-15(10-8-13)23-17(12-25-2)18(21-22-23)19(24)20-14-5-4-6-16(11-14)26-3/h4-11H,12H2,1-3H3,(H,20,24). The molecule has 3 aromatic rings. The summed E-state index contributed by atoms with van der Waals surface area (Å²) in [5.74, 6) is 0.298. The largest absolute Gasteiger partial charge is 0.497 e. The predicted octanol–water partition coefficient (Wildman–Crippen LogP) is 2.98. The number of aromatic nitrogens is 3. The summed E-state index contributed by atoms with van der Waals surface area (Å²) in [5, 5.41) is 11.0. The van der Waals surface area contributed by atoms with E-state index in [9.17, 15) is 4.79 Å². The molecule has 0 aliphatic rings. The second kappa shape index (κ2) is 7.79. The van der Waals surface area contributed by atoms with Crippen molar-refractivity contribution >= 4 is 11.6 Å². The molecule has 1 amide bonds. The quantitative estimate of drug-likeness (QED) is 0.738. The van der Waals surface area contributed by atoms with E-state index in [1.54, 1.807) is 43.2 Å². The van der Waals surface area contributed by atoms with Crippen LogP contribution in [0.1, 0.15) is 21.7 Å². The van der Waals surface area contributed by atoms with Gasteiger partial charge in [-0.25, -0.2) is 4.68 Å². The second-order valence-corrected chi connectivity index (χ2v) is 5.75. The SMILES string of the molecule is COCc1c(C(=O)Nc2cccc(OC)c2)nnn1-c1ccc(C)cc1. The minimum atomic E-state index is -0.358. The number of ether oxygens (including phenoxy) is 2. The number of carbonyl (C=O) groups is 1. The zero-order valence-corrected chi connectivity index (χ0v) is 14.9. The number of rotatable bonds is 6. The Morgan fingerprint density at radius 1 is 1.15 bits per heavy atom. The highest BCUT2D eigenvalue weighted by atomic mass is 16.5. The second-order valence-electron chi connectivity index (χ2n) is 5.75. The molecule has 0 unspecified atom stereocenters. The highest BCUT2D eigenvalue weighted by molar-refractivity contribution is 6.03. The van der Waals surface area contributed by atoms with E-state index >= 15 is 0 Å². The third-order valence-corrected chi connectivity index (χ3v) is 3.87. The van der Waals surface area contributed by atoms with Crippen LogP contribution in [0.4, 0.5) is 5.69 Å². The molecule has 1 heterocycles. The Bertz CT molecular complexity index is 903. The molecule has 7 heteroatoms. The van der Waals surface area contributed by atoms with Gasteiger partial charge < -0.3 is 14.8 Å². The lowest BCUT2D eigenvalue weighted by Gasteiger charge is -2.09. The molecule has 0 spiro atoms. The van der Waals surface area contributed by atoms with E-state index in [0.717, 1.165) is 11.3 Å². The first-order valence-corrected chi connectivity index (χ1v) is 8.08. The third kappa shape index (κ3) is 3.73. The lowest BCUT2D eigenvalue weighted by molar-refractivity contribution is 0.101. The lowest BCUT2D eigenvalue weighted by atomic mass is 10.2. The van der Waals surface area contributed by atoms with Crippen LogP contribution in [-0.4, -0.2) is 35.1 Å². The van der Waals surface area contributed by atoms with Crippen molar-refractivity contribution in [3.63, 3.8) is 0 Å². The van der Waals surface area contributed by atoms with Crippen molar-refractivity contribution in [3.05, 3.63) is 65.5 Å². The van der Waals surface area contributed by atoms with Gasteiger partial charge in [0.15, 0.2) is 5.69 Å². The number of nitrogens with zero attached hydrogens (tertiary/aromatic N) is 3. The maximum atomic E-state index is 12.7. The third-order valence-electron chi connectivity index (χ3n) is 3.87. The molecule has 7 nitrogen and oxygen atoms in total. The van der Waals surface area contributed by atoms with Gasteiger partial charge in [-0.2, -0.15) is 0 Å². The smallest absolute Gasteiger partial charge is 0.278 e. The molecule has 0 fully saturated rings. The Morgan fingerprint density at radius 3 is 2.62 bits per heavy atom. The van der Waals surface area contributed by atoms with Gasteiger partial charge in [0, 0.05) is 18.9 Å². The predicted molar refractivity (Wildman–Crippen MR) is 97.8 cm³/mol. The zero-order valence-electron chi connectivity index (χ0n) is 14.9. The van der Waals surface area contributed by atoms with Crippen LogP contribution in [0.5, 0.6) is 5.75 Å². The van der Waals surface area contributed by atoms with Crippen LogP contribution < -0.4 is 10.1 Å². The lowest BCUT2D eigenvalue weighted by Crippen LogP contribution is -2.16. The monoisotopic (exact) mass is 352 g/mol. The molecule has 0 saturated heterocycles. The fourth-order valence-electron chi connectivity index (χ4n) is 2.53. The molecule has 26 heavy (non-hydrogen) atoms. The van der Waals surface area contributed by atoms with Gasteiger partial charge in [-0.3, -0.25) is 4.79 Å². The molecule has 1 aromatic heterocycles. The number of anilines is 1. The molecule has 1 N–H and O–H groups in total. The Morgan fingerprint density at radius 2 is 1.92 bits per heavy atom. The van der Waals surface area contributed by atoms with Crippen LogP contribution in [0.3, 0.4) is 0 Å². The van der Waals surface area contributed by atoms with Crippen molar-refractivity contribution in [2.75, 3.05) is 19.5 Å². The fourth-order valence-corrected chi connectivity index (χ4v) is 2.53. The maximum absolute atomic E-state index is 12.7. The Balaban J connectivity index is 1.91. The first-order chi connectivity index (χ1) is 12.6. The van der Waals surface area contributed by atoms with Crippen molar-refractivity contribution < 1.29 is 14.3 Å². The van der Waals surface area contributed by atoms with Crippen LogP contribution in [0.2, 0.25) is 0 Å². The summed E-state index contributed by atoms with van der Waals surface area (Å²) < 4.78 is 12.0. The van der Waals surface area contributed by atoms with E-state index in [1.165, 1.54) is 0 Å². The number of aryl methyl sites for hydroxylation is 1. The summed E-state index contributed by atoms with van der Waals surface area (Å²) >= 11 is 0. The van der Waals surface area contributed by atoms with Crippen LogP contribution in [-0.2, 0) is 11.3 Å². The molecular formula is C19H20N4O3. The number of benzene rings is 2. The van der Waals surface area contributed by atoms with E-state index in [4.69, 9.17) is 9.47 Å². The van der Waals surface area contributed by atoms with Crippen LogP contribution in [0, 0.1) is 6.92 Å². The van der Waals surface area contributed by atoms with Crippen LogP contribution in [0.15, 0.2) is 48.5 Å². The molecule has 0 bridgehead atoms. The minimum absolute atomic E-state index is 0.210. The molecule has 134 valence electrons. The molecule has 3 rings (SSSR count). The number of amides is 1. The summed E-state index contributed by atoms with van der Waals surface area (Å²) in [6.45, 7) is 2.22. The van der Waals surface area contributed by atoms with Gasteiger partial charge in [-0.15, -0.1) is 5.10 Å². The molecule has 2 aromatic carbocycles. The van der Waals surface area contributed by atoms with Gasteiger partial charge >= 0.3 is 0 Å². The average Bonchev–Trinajstić information content (AvgIpc) is 3.06. The van der Waals surface area contributed by atoms with Gasteiger partial charge in [-0.05, 0) is 31.2 Å². The Labute approximate surface area is 151 Å². The van der Waals surface area contributed by atoms with Crippen molar-refractivity contribution in [2.24, 2.45) is 0 Å². The van der Waals surface area contributed by atoms with Gasteiger partial charge in [0.1, 0.15) is 11.4 Å². The van der Waals surface area contributed by atoms with Crippen molar-refractivity contribution in [1.29, 1.82) is 0 Å². The van der Waals surface area contributed by atoms with E-state index in [0.29, 0.717) is 17.1 Å². The van der Waals surface area contributed by atoms with Crippen LogP contribution in [0.25, 0.3) is 5.69 Å². The molecule has 0 saturated carbocycles. The van der Waals surface area contributed by atoms with Gasteiger partial charge in [0.2, 0.25) is 0 Å². The van der Waals surface area contributed by atoms with E-state index < -0.39 is 0 Å². The normalized spacial score (nSPS) is 10.6. The van der Waals surface area contributed by atoms with Crippen LogP contribution >= 0.6 is 0 Å². The number of hydrogen-bond acceptors (Lipinski definition) is 5. The first-order valence-electron chi connectivity index (χ1n) is 8.08. The van der Waals surface area contributed by atoms with E-state index in [-0.39, 0.29) is 18.2 Å². The number of hydrogen-bond donors (Lipinski definition) is 1. The minimum Gasteiger partial charge on any atom is -0.497 e. The summed E-state index contributed by atoms with van der Waals surface area (Å²) in [6.07, 6.45) is 0. The molecule has 0 aliphatic carbocycles. The summed E-state index contributed by atoms with van der Waals surface area (Å²) in [4.78, 5) is 12.7. The van der Waals surface area contributed by atoms with Crippen molar-refractivity contribution in [3.8, 4) is 11.4 Å². The average molecular weight is 352 g/mol. The highest BCUT2D eigenvalue weighted by Gasteiger charge is 2.21. The van der Waals surface area contributed by atoms with Gasteiger partial charge in [-0.1, -0.05) is 29.0 Å². The van der Waals surface area contributed by atoms with Crippen molar-refractivity contribution in [2.45, 2.75) is 13.5 Å². The van der Waals surface area contributed by atoms with Gasteiger partial charge in [0.05, 0.1) is 19.4 Å². The summed E-state index contributed by atoms with van der Waals surface area (Å²) in [5.41, 5.74) is 3.36. The first kappa shape index (κ1) is 17.6. The number of nitrogens with one attached hydrogen (secondary N) is 1. The summed E-state index contributed by atoms with van der Waals surface area (Å²) in [6, 6.07) is 14.9. The molecule has 0 aliphatic heterocycles. The Kier molecular flexibility index (Phi) is 5.28. The number of methoxy groups -OCH3 is 2. The zero-order chi connectivity index (χ0) is 18.5. The molecular weight excluding hydrogens is 332 g/mol. The van der Waals surface area contributed by atoms with E-state index in [1.807, 2.05) is 31.2 Å². The maximum Gasteiger partial charge on any atom is 0.278 e. The summed E-state index contributed by atoms with van der Waals surface area (Å²) in [7, 11) is 3.14. The highest BCUT2D eigenvalue weighted by Crippen LogP contribution is 2.19. The Hall–Kier alpha value is -3.19. The topological polar surface area (TPSA) is 78.3 Å². The van der Waals surface area contributed by atoms with Gasteiger partial charge in [0.25, 0.3) is 5.91 Å². The number of carbonyl (C=O) groups excluding carboxylic acids is 1. The van der Waals surface area contributed by atoms with Crippen molar-refractivity contribution in [1.82, 2.24) is 15.0 Å². The fraction of sp³-hybridized carbons (Fsp3) is 0.211. The molecule has 0 atom stereocenters. The van der Waals surface area contributed by atoms with E-state index in [2.05, 4.69) is 15.6 Å². The molecule has 0 radical (unpaired) electrons.